The molecule has 1 heterocycles. The van der Waals surface area contributed by atoms with Crippen molar-refractivity contribution in [1.82, 2.24) is 9.62 Å². The lowest BCUT2D eigenvalue weighted by Crippen LogP contribution is -2.43. The molecule has 2 unspecified atom stereocenters. The maximum atomic E-state index is 13.3. The summed E-state index contributed by atoms with van der Waals surface area (Å²) in [4.78, 5) is 14.6. The molecule has 1 aliphatic rings. The Bertz CT molecular complexity index is 1260. The van der Waals surface area contributed by atoms with Gasteiger partial charge in [0.2, 0.25) is 10.0 Å². The van der Waals surface area contributed by atoms with Gasteiger partial charge in [-0.15, -0.1) is 11.8 Å². The van der Waals surface area contributed by atoms with Crippen LogP contribution in [0.15, 0.2) is 89.8 Å². The summed E-state index contributed by atoms with van der Waals surface area (Å²) in [7, 11) is -3.78. The molecule has 1 fully saturated rings. The summed E-state index contributed by atoms with van der Waals surface area (Å²) < 4.78 is 34.8. The van der Waals surface area contributed by atoms with E-state index < -0.39 is 22.2 Å². The van der Waals surface area contributed by atoms with Crippen LogP contribution in [0.1, 0.15) is 26.3 Å². The molecule has 8 heteroatoms. The number of hydrogen-bond acceptors (Lipinski definition) is 5. The van der Waals surface area contributed by atoms with Crippen molar-refractivity contribution in [2.24, 2.45) is 0 Å². The van der Waals surface area contributed by atoms with Crippen LogP contribution in [-0.4, -0.2) is 48.5 Å². The van der Waals surface area contributed by atoms with E-state index in [1.165, 1.54) is 0 Å². The Morgan fingerprint density at radius 2 is 1.50 bits per heavy atom. The van der Waals surface area contributed by atoms with Crippen LogP contribution in [0, 0.1) is 0 Å². The molecular formula is C28H32N2O4S2. The fourth-order valence-corrected chi connectivity index (χ4v) is 6.98. The third kappa shape index (κ3) is 6.90. The Kier molecular flexibility index (Phi) is 8.07. The summed E-state index contributed by atoms with van der Waals surface area (Å²) in [5.41, 5.74) is 2.88. The lowest BCUT2D eigenvalue weighted by Gasteiger charge is -2.26. The first kappa shape index (κ1) is 26.3. The molecule has 3 aromatic carbocycles. The first-order valence-electron chi connectivity index (χ1n) is 11.9. The minimum atomic E-state index is -3.78. The zero-order chi connectivity index (χ0) is 25.8. The number of rotatable bonds is 7. The Hall–Kier alpha value is -2.81. The second-order valence-electron chi connectivity index (χ2n) is 9.83. The maximum Gasteiger partial charge on any atom is 0.410 e. The summed E-state index contributed by atoms with van der Waals surface area (Å²) in [6.45, 7) is 7.10. The lowest BCUT2D eigenvalue weighted by atomic mass is 10.1. The Morgan fingerprint density at radius 3 is 2.11 bits per heavy atom. The topological polar surface area (TPSA) is 75.7 Å². The van der Waals surface area contributed by atoms with Crippen LogP contribution in [0.3, 0.4) is 0 Å². The SMILES string of the molecule is CC(C)(C)SC1CN(C(=O)OCc2ccccc2)CC1NS(=O)(=O)c1ccc(-c2ccccc2)cc1. The van der Waals surface area contributed by atoms with Crippen molar-refractivity contribution in [3.63, 3.8) is 0 Å². The number of amides is 1. The predicted octanol–water partition coefficient (Wildman–Crippen LogP) is 5.55. The summed E-state index contributed by atoms with van der Waals surface area (Å²) in [6.07, 6.45) is -0.438. The number of carbonyl (C=O) groups is 1. The van der Waals surface area contributed by atoms with Crippen molar-refractivity contribution in [1.29, 1.82) is 0 Å². The summed E-state index contributed by atoms with van der Waals surface area (Å²) in [5.74, 6) is 0. The van der Waals surface area contributed by atoms with Crippen molar-refractivity contribution >= 4 is 27.9 Å². The first-order chi connectivity index (χ1) is 17.1. The molecule has 0 aromatic heterocycles. The van der Waals surface area contributed by atoms with Gasteiger partial charge in [-0.25, -0.2) is 17.9 Å². The van der Waals surface area contributed by atoms with Crippen LogP contribution >= 0.6 is 11.8 Å². The van der Waals surface area contributed by atoms with Gasteiger partial charge in [0.25, 0.3) is 0 Å². The van der Waals surface area contributed by atoms with Crippen LogP contribution < -0.4 is 4.72 Å². The van der Waals surface area contributed by atoms with E-state index in [1.54, 1.807) is 28.8 Å². The molecule has 6 nitrogen and oxygen atoms in total. The van der Waals surface area contributed by atoms with Gasteiger partial charge >= 0.3 is 6.09 Å². The standard InChI is InChI=1S/C28H32N2O4S2/c1-28(2,3)35-26-19-30(27(31)34-20-21-10-6-4-7-11-21)18-25(26)29-36(32,33)24-16-14-23(15-17-24)22-12-8-5-9-13-22/h4-17,25-26,29H,18-20H2,1-3H3. The Balaban J connectivity index is 1.46. The molecule has 0 radical (unpaired) electrons. The zero-order valence-electron chi connectivity index (χ0n) is 20.8. The predicted molar refractivity (Wildman–Crippen MR) is 145 cm³/mol. The monoisotopic (exact) mass is 524 g/mol. The van der Waals surface area contributed by atoms with Crippen molar-refractivity contribution in [3.8, 4) is 11.1 Å². The second-order valence-corrected chi connectivity index (χ2v) is 13.6. The Morgan fingerprint density at radius 1 is 0.917 bits per heavy atom. The molecule has 36 heavy (non-hydrogen) atoms. The summed E-state index contributed by atoms with van der Waals surface area (Å²) >= 11 is 1.67. The van der Waals surface area contributed by atoms with Crippen molar-refractivity contribution in [2.45, 2.75) is 48.3 Å². The van der Waals surface area contributed by atoms with Gasteiger partial charge in [0.1, 0.15) is 6.61 Å². The second kappa shape index (κ2) is 11.1. The molecule has 1 amide bonds. The molecule has 0 bridgehead atoms. The van der Waals surface area contributed by atoms with Crippen molar-refractivity contribution in [3.05, 3.63) is 90.5 Å². The molecule has 1 saturated heterocycles. The first-order valence-corrected chi connectivity index (χ1v) is 14.3. The summed E-state index contributed by atoms with van der Waals surface area (Å²) in [6, 6.07) is 25.7. The number of thioether (sulfide) groups is 1. The fourth-order valence-electron chi connectivity index (χ4n) is 4.14. The molecule has 4 rings (SSSR count). The Labute approximate surface area is 218 Å². The van der Waals surface area contributed by atoms with E-state index in [9.17, 15) is 13.2 Å². The van der Waals surface area contributed by atoms with E-state index in [0.29, 0.717) is 6.54 Å². The number of nitrogens with one attached hydrogen (secondary N) is 1. The highest BCUT2D eigenvalue weighted by Gasteiger charge is 2.40. The zero-order valence-corrected chi connectivity index (χ0v) is 22.4. The van der Waals surface area contributed by atoms with Crippen LogP contribution in [-0.2, 0) is 21.4 Å². The van der Waals surface area contributed by atoms with Gasteiger partial charge in [0.15, 0.2) is 0 Å². The van der Waals surface area contributed by atoms with Crippen molar-refractivity contribution < 1.29 is 17.9 Å². The number of likely N-dealkylation sites (tertiary alicyclic amines) is 1. The van der Waals surface area contributed by atoms with Crippen LogP contribution in [0.4, 0.5) is 4.79 Å². The number of carbonyl (C=O) groups excluding carboxylic acids is 1. The van der Waals surface area contributed by atoms with Crippen molar-refractivity contribution in [2.75, 3.05) is 13.1 Å². The van der Waals surface area contributed by atoms with E-state index >= 15 is 0 Å². The molecule has 1 N–H and O–H groups in total. The highest BCUT2D eigenvalue weighted by Crippen LogP contribution is 2.34. The molecule has 190 valence electrons. The molecule has 0 aliphatic carbocycles. The van der Waals surface area contributed by atoms with Gasteiger partial charge in [-0.2, -0.15) is 0 Å². The largest absolute Gasteiger partial charge is 0.445 e. The van der Waals surface area contributed by atoms with Crippen LogP contribution in [0.5, 0.6) is 0 Å². The molecule has 1 aliphatic heterocycles. The number of nitrogens with zero attached hydrogens (tertiary/aromatic N) is 1. The number of sulfonamides is 1. The normalized spacial score (nSPS) is 18.2. The molecule has 2 atom stereocenters. The van der Waals surface area contributed by atoms with Crippen LogP contribution in [0.25, 0.3) is 11.1 Å². The van der Waals surface area contributed by atoms with Crippen LogP contribution in [0.2, 0.25) is 0 Å². The average Bonchev–Trinajstić information content (AvgIpc) is 3.23. The quantitative estimate of drug-likeness (QED) is 0.438. The maximum absolute atomic E-state index is 13.3. The van der Waals surface area contributed by atoms with E-state index in [1.807, 2.05) is 72.8 Å². The van der Waals surface area contributed by atoms with E-state index in [-0.39, 0.29) is 28.0 Å². The molecular weight excluding hydrogens is 492 g/mol. The van der Waals surface area contributed by atoms with Gasteiger partial charge in [-0.1, -0.05) is 93.6 Å². The number of ether oxygens (including phenoxy) is 1. The highest BCUT2D eigenvalue weighted by molar-refractivity contribution is 8.01. The van der Waals surface area contributed by atoms with Gasteiger partial charge in [0.05, 0.1) is 10.9 Å². The molecule has 0 spiro atoms. The number of hydrogen-bond donors (Lipinski definition) is 1. The third-order valence-corrected chi connectivity index (χ3v) is 8.81. The minimum Gasteiger partial charge on any atom is -0.445 e. The van der Waals surface area contributed by atoms with Gasteiger partial charge in [-0.05, 0) is 28.8 Å². The van der Waals surface area contributed by atoms with Gasteiger partial charge in [0, 0.05) is 23.1 Å². The van der Waals surface area contributed by atoms with Gasteiger partial charge < -0.3 is 9.64 Å². The van der Waals surface area contributed by atoms with E-state index in [0.717, 1.165) is 16.7 Å². The third-order valence-electron chi connectivity index (χ3n) is 5.81. The average molecular weight is 525 g/mol. The highest BCUT2D eigenvalue weighted by atomic mass is 32.2. The van der Waals surface area contributed by atoms with E-state index in [4.69, 9.17) is 4.74 Å². The lowest BCUT2D eigenvalue weighted by molar-refractivity contribution is 0.104. The molecule has 3 aromatic rings. The van der Waals surface area contributed by atoms with E-state index in [2.05, 4.69) is 25.5 Å². The van der Waals surface area contributed by atoms with Gasteiger partial charge in [-0.3, -0.25) is 0 Å². The smallest absolute Gasteiger partial charge is 0.410 e. The fraction of sp³-hybridized carbons (Fsp3) is 0.321. The summed E-state index contributed by atoms with van der Waals surface area (Å²) in [5, 5.41) is -0.104. The minimum absolute atomic E-state index is 0.102. The molecule has 0 saturated carbocycles. The number of benzene rings is 3.